The Morgan fingerprint density at radius 2 is 1.81 bits per heavy atom. The van der Waals surface area contributed by atoms with Gasteiger partial charge in [0, 0.05) is 14.9 Å². The minimum atomic E-state index is -0.915. The summed E-state index contributed by atoms with van der Waals surface area (Å²) < 4.78 is 14.2. The monoisotopic (exact) mass is 372 g/mol. The Morgan fingerprint density at radius 3 is 2.43 bits per heavy atom. The Balaban J connectivity index is 2.45. The number of rotatable bonds is 5. The molecule has 0 spiro atoms. The highest BCUT2D eigenvalue weighted by Gasteiger charge is 2.32. The first-order valence-electron chi connectivity index (χ1n) is 6.42. The summed E-state index contributed by atoms with van der Waals surface area (Å²) >= 11 is 9.47. The predicted molar refractivity (Wildman–Crippen MR) is 85.1 cm³/mol. The van der Waals surface area contributed by atoms with Crippen LogP contribution in [0.25, 0.3) is 0 Å². The van der Waals surface area contributed by atoms with Crippen molar-refractivity contribution in [3.05, 3.63) is 68.9 Å². The minimum absolute atomic E-state index is 0.243. The maximum atomic E-state index is 13.4. The maximum absolute atomic E-state index is 13.4. The van der Waals surface area contributed by atoms with Gasteiger partial charge in [-0.25, -0.2) is 4.39 Å². The van der Waals surface area contributed by atoms with Gasteiger partial charge >= 0.3 is 0 Å². The fraction of sp³-hybridized carbons (Fsp3) is 0.250. The van der Waals surface area contributed by atoms with Crippen molar-refractivity contribution in [1.29, 1.82) is 0 Å². The zero-order chi connectivity index (χ0) is 15.5. The molecule has 2 nitrogen and oxygen atoms in total. The van der Waals surface area contributed by atoms with Gasteiger partial charge in [0.15, 0.2) is 0 Å². The normalized spacial score (nSPS) is 11.7. The summed E-state index contributed by atoms with van der Waals surface area (Å²) in [6.45, 7) is -0.542. The van der Waals surface area contributed by atoms with Crippen LogP contribution in [0.5, 0.6) is 0 Å². The lowest BCUT2D eigenvalue weighted by Gasteiger charge is -2.31. The van der Waals surface area contributed by atoms with Crippen LogP contribution < -0.4 is 0 Å². The molecule has 0 saturated heterocycles. The van der Waals surface area contributed by atoms with Crippen molar-refractivity contribution in [1.82, 2.24) is 0 Å². The lowest BCUT2D eigenvalue weighted by Crippen LogP contribution is -2.37. The van der Waals surface area contributed by atoms with E-state index in [9.17, 15) is 14.6 Å². The Labute approximate surface area is 136 Å². The molecule has 112 valence electrons. The van der Waals surface area contributed by atoms with Crippen LogP contribution in [0.1, 0.15) is 11.1 Å². The van der Waals surface area contributed by atoms with E-state index >= 15 is 0 Å². The molecule has 0 aromatic heterocycles. The molecular formula is C16H15BrClFO2. The molecular weight excluding hydrogens is 359 g/mol. The lowest BCUT2D eigenvalue weighted by molar-refractivity contribution is 0.116. The van der Waals surface area contributed by atoms with Crippen molar-refractivity contribution in [2.24, 2.45) is 0 Å². The van der Waals surface area contributed by atoms with Gasteiger partial charge in [0.25, 0.3) is 0 Å². The van der Waals surface area contributed by atoms with E-state index in [1.54, 1.807) is 0 Å². The summed E-state index contributed by atoms with van der Waals surface area (Å²) in [5, 5.41) is 20.1. The van der Waals surface area contributed by atoms with Gasteiger partial charge in [0.2, 0.25) is 0 Å². The zero-order valence-corrected chi connectivity index (χ0v) is 13.5. The van der Waals surface area contributed by atoms with Crippen molar-refractivity contribution in [2.75, 3.05) is 13.2 Å². The summed E-state index contributed by atoms with van der Waals surface area (Å²) in [5.41, 5.74) is 0.406. The highest BCUT2D eigenvalue weighted by Crippen LogP contribution is 2.32. The second kappa shape index (κ2) is 6.88. The van der Waals surface area contributed by atoms with Crippen LogP contribution in [0, 0.1) is 5.82 Å². The van der Waals surface area contributed by atoms with Crippen LogP contribution in [-0.2, 0) is 11.8 Å². The van der Waals surface area contributed by atoms with Crippen LogP contribution in [0.15, 0.2) is 46.9 Å². The molecule has 2 N–H and O–H groups in total. The Kier molecular flexibility index (Phi) is 5.38. The number of aliphatic hydroxyl groups is 2. The van der Waals surface area contributed by atoms with E-state index in [1.807, 2.05) is 24.3 Å². The van der Waals surface area contributed by atoms with E-state index in [1.165, 1.54) is 18.2 Å². The van der Waals surface area contributed by atoms with Gasteiger partial charge in [-0.1, -0.05) is 39.7 Å². The van der Waals surface area contributed by atoms with E-state index in [2.05, 4.69) is 15.9 Å². The third-order valence-electron chi connectivity index (χ3n) is 3.58. The molecule has 0 aliphatic carbocycles. The number of halogens is 3. The number of hydrogen-bond acceptors (Lipinski definition) is 2. The third kappa shape index (κ3) is 3.64. The first kappa shape index (κ1) is 16.4. The summed E-state index contributed by atoms with van der Waals surface area (Å²) in [4.78, 5) is 0. The molecule has 5 heteroatoms. The largest absolute Gasteiger partial charge is 0.395 e. The van der Waals surface area contributed by atoms with Gasteiger partial charge in [0.1, 0.15) is 5.82 Å². The van der Waals surface area contributed by atoms with Gasteiger partial charge in [-0.3, -0.25) is 0 Å². The molecule has 0 radical (unpaired) electrons. The summed E-state index contributed by atoms with van der Waals surface area (Å²) in [7, 11) is 0. The van der Waals surface area contributed by atoms with Crippen LogP contribution in [0.4, 0.5) is 4.39 Å². The molecule has 2 aromatic carbocycles. The Bertz CT molecular complexity index is 629. The molecule has 0 saturated carbocycles. The molecule has 2 aromatic rings. The van der Waals surface area contributed by atoms with Gasteiger partial charge in [-0.15, -0.1) is 0 Å². The second-order valence-corrected chi connectivity index (χ2v) is 6.34. The minimum Gasteiger partial charge on any atom is -0.395 e. The van der Waals surface area contributed by atoms with E-state index in [-0.39, 0.29) is 19.6 Å². The standard InChI is InChI=1S/C16H15BrClFO2/c17-13-3-1-2-12(7-13)16(9-20,10-21)8-11-6-14(19)4-5-15(11)18/h1-7,20-21H,8-10H2. The molecule has 2 rings (SSSR count). The number of benzene rings is 2. The van der Waals surface area contributed by atoms with E-state index in [0.29, 0.717) is 10.6 Å². The molecule has 0 heterocycles. The van der Waals surface area contributed by atoms with Crippen LogP contribution in [0.3, 0.4) is 0 Å². The Hall–Kier alpha value is -0.940. The molecule has 0 bridgehead atoms. The SMILES string of the molecule is OCC(CO)(Cc1cc(F)ccc1Cl)c1cccc(Br)c1. The summed E-state index contributed by atoms with van der Waals surface area (Å²) in [6.07, 6.45) is 0.243. The van der Waals surface area contributed by atoms with Crippen LogP contribution in [0.2, 0.25) is 5.02 Å². The Morgan fingerprint density at radius 1 is 1.10 bits per heavy atom. The zero-order valence-electron chi connectivity index (χ0n) is 11.2. The third-order valence-corrected chi connectivity index (χ3v) is 4.44. The fourth-order valence-electron chi connectivity index (χ4n) is 2.31. The average Bonchev–Trinajstić information content (AvgIpc) is 2.48. The topological polar surface area (TPSA) is 40.5 Å². The smallest absolute Gasteiger partial charge is 0.123 e. The number of hydrogen-bond donors (Lipinski definition) is 2. The molecule has 0 atom stereocenters. The molecule has 21 heavy (non-hydrogen) atoms. The van der Waals surface area contributed by atoms with Crippen LogP contribution >= 0.6 is 27.5 Å². The van der Waals surface area contributed by atoms with Crippen molar-refractivity contribution in [3.63, 3.8) is 0 Å². The van der Waals surface area contributed by atoms with E-state index in [4.69, 9.17) is 11.6 Å². The summed E-state index contributed by atoms with van der Waals surface area (Å²) in [6, 6.07) is 11.4. The van der Waals surface area contributed by atoms with Gasteiger partial charge in [0.05, 0.1) is 13.2 Å². The van der Waals surface area contributed by atoms with Gasteiger partial charge in [-0.05, 0) is 47.9 Å². The molecule has 0 fully saturated rings. The van der Waals surface area contributed by atoms with Crippen LogP contribution in [-0.4, -0.2) is 23.4 Å². The van der Waals surface area contributed by atoms with E-state index < -0.39 is 11.2 Å². The molecule has 0 aliphatic heterocycles. The quantitative estimate of drug-likeness (QED) is 0.839. The van der Waals surface area contributed by atoms with Crippen molar-refractivity contribution in [3.8, 4) is 0 Å². The molecule has 0 amide bonds. The van der Waals surface area contributed by atoms with Gasteiger partial charge in [-0.2, -0.15) is 0 Å². The van der Waals surface area contributed by atoms with Crippen molar-refractivity contribution in [2.45, 2.75) is 11.8 Å². The molecule has 0 aliphatic rings. The first-order chi connectivity index (χ1) is 10.0. The fourth-order valence-corrected chi connectivity index (χ4v) is 2.89. The maximum Gasteiger partial charge on any atom is 0.123 e. The average molecular weight is 374 g/mol. The van der Waals surface area contributed by atoms with E-state index in [0.717, 1.165) is 10.0 Å². The number of aliphatic hydroxyl groups excluding tert-OH is 2. The van der Waals surface area contributed by atoms with Gasteiger partial charge < -0.3 is 10.2 Å². The highest BCUT2D eigenvalue weighted by molar-refractivity contribution is 9.10. The predicted octanol–water partition coefficient (Wildman–Crippen LogP) is 3.71. The highest BCUT2D eigenvalue weighted by atomic mass is 79.9. The second-order valence-electron chi connectivity index (χ2n) is 5.02. The summed E-state index contributed by atoms with van der Waals surface area (Å²) in [5.74, 6) is -0.395. The lowest BCUT2D eigenvalue weighted by atomic mass is 9.77. The molecule has 0 unspecified atom stereocenters. The van der Waals surface area contributed by atoms with Crippen molar-refractivity contribution < 1.29 is 14.6 Å². The first-order valence-corrected chi connectivity index (χ1v) is 7.59. The van der Waals surface area contributed by atoms with Crippen molar-refractivity contribution >= 4 is 27.5 Å².